The Kier molecular flexibility index (Phi) is 5.08. The van der Waals surface area contributed by atoms with Gasteiger partial charge in [-0.1, -0.05) is 23.7 Å². The lowest BCUT2D eigenvalue weighted by atomic mass is 9.85. The minimum Gasteiger partial charge on any atom is -0.383 e. The highest BCUT2D eigenvalue weighted by molar-refractivity contribution is 5.94. The molecular weight excluding hydrogens is 382 g/mol. The fourth-order valence-corrected chi connectivity index (χ4v) is 4.11. The summed E-state index contributed by atoms with van der Waals surface area (Å²) in [6.45, 7) is 1.18. The second-order valence-electron chi connectivity index (χ2n) is 8.05. The minimum absolute atomic E-state index is 0.000296. The highest BCUT2D eigenvalue weighted by Gasteiger charge is 2.28. The van der Waals surface area contributed by atoms with Crippen LogP contribution in [-0.4, -0.2) is 39.5 Å². The number of benzene rings is 1. The number of nitrogens with one attached hydrogen (secondary N) is 1. The molecule has 1 atom stereocenters. The van der Waals surface area contributed by atoms with Gasteiger partial charge in [-0.25, -0.2) is 0 Å². The first kappa shape index (κ1) is 19.0. The number of hydrogen-bond donors (Lipinski definition) is 1. The van der Waals surface area contributed by atoms with E-state index in [2.05, 4.69) is 32.7 Å². The summed E-state index contributed by atoms with van der Waals surface area (Å²) >= 11 is 0. The Hall–Kier alpha value is -3.00. The van der Waals surface area contributed by atoms with Crippen molar-refractivity contribution in [3.8, 4) is 11.4 Å². The number of carbonyl (C=O) groups excluding carboxylic acids is 1. The molecule has 1 saturated carbocycles. The van der Waals surface area contributed by atoms with Gasteiger partial charge >= 0.3 is 0 Å². The maximum atomic E-state index is 12.7. The molecule has 1 unspecified atom stereocenters. The number of aromatic nitrogens is 4. The van der Waals surface area contributed by atoms with E-state index in [0.29, 0.717) is 30.5 Å². The molecule has 2 heterocycles. The quantitative estimate of drug-likeness (QED) is 0.646. The zero-order chi connectivity index (χ0) is 20.5. The zero-order valence-electron chi connectivity index (χ0n) is 17.0. The van der Waals surface area contributed by atoms with Gasteiger partial charge < -0.3 is 14.6 Å². The minimum atomic E-state index is -0.107. The summed E-state index contributed by atoms with van der Waals surface area (Å²) < 4.78 is 12.2. The van der Waals surface area contributed by atoms with E-state index in [1.807, 2.05) is 6.07 Å². The fraction of sp³-hybridized carbons (Fsp3) is 0.455. The fourth-order valence-electron chi connectivity index (χ4n) is 4.11. The van der Waals surface area contributed by atoms with E-state index in [9.17, 15) is 4.79 Å². The molecule has 2 aliphatic rings. The summed E-state index contributed by atoms with van der Waals surface area (Å²) in [7, 11) is 1.64. The van der Waals surface area contributed by atoms with Gasteiger partial charge in [0.2, 0.25) is 11.7 Å². The van der Waals surface area contributed by atoms with Crippen molar-refractivity contribution >= 4 is 5.91 Å². The molecule has 156 valence electrons. The lowest BCUT2D eigenvalue weighted by molar-refractivity contribution is 0.0936. The van der Waals surface area contributed by atoms with Gasteiger partial charge in [0.15, 0.2) is 0 Å². The van der Waals surface area contributed by atoms with Gasteiger partial charge in [0.05, 0.1) is 31.0 Å². The summed E-state index contributed by atoms with van der Waals surface area (Å²) in [6, 6.07) is 6.21. The Morgan fingerprint density at radius 1 is 1.33 bits per heavy atom. The normalized spacial score (nSPS) is 18.2. The zero-order valence-corrected chi connectivity index (χ0v) is 17.0. The van der Waals surface area contributed by atoms with Gasteiger partial charge in [0, 0.05) is 24.8 Å². The Morgan fingerprint density at radius 2 is 2.23 bits per heavy atom. The Labute approximate surface area is 174 Å². The van der Waals surface area contributed by atoms with E-state index < -0.39 is 0 Å². The molecule has 8 nitrogen and oxygen atoms in total. The Morgan fingerprint density at radius 3 is 3.03 bits per heavy atom. The number of ether oxygens (including phenoxy) is 1. The standard InChI is InChI=1S/C22H25N5O3/c1-29-10-9-27-13-17(12-23-27)21(28)24-19-8-6-15-11-16(5-7-18(15)19)20-25-22(30-26-20)14-3-2-4-14/h5,7,11-14,19H,2-4,6,8-10H2,1H3,(H,24,28). The average molecular weight is 407 g/mol. The lowest BCUT2D eigenvalue weighted by Crippen LogP contribution is -2.26. The van der Waals surface area contributed by atoms with Crippen molar-refractivity contribution in [2.75, 3.05) is 13.7 Å². The van der Waals surface area contributed by atoms with Crippen molar-refractivity contribution in [3.05, 3.63) is 53.2 Å². The first-order chi connectivity index (χ1) is 14.7. The maximum Gasteiger partial charge on any atom is 0.254 e. The predicted molar refractivity (Wildman–Crippen MR) is 109 cm³/mol. The third-order valence-corrected chi connectivity index (χ3v) is 6.10. The van der Waals surface area contributed by atoms with Gasteiger partial charge in [0.25, 0.3) is 5.91 Å². The third kappa shape index (κ3) is 3.63. The largest absolute Gasteiger partial charge is 0.383 e. The van der Waals surface area contributed by atoms with Crippen LogP contribution in [0.3, 0.4) is 0 Å². The number of hydrogen-bond acceptors (Lipinski definition) is 6. The molecule has 2 aliphatic carbocycles. The van der Waals surface area contributed by atoms with E-state index in [4.69, 9.17) is 9.26 Å². The average Bonchev–Trinajstić information content (AvgIpc) is 3.45. The second-order valence-corrected chi connectivity index (χ2v) is 8.05. The van der Waals surface area contributed by atoms with Gasteiger partial charge in [-0.05, 0) is 42.9 Å². The number of fused-ring (bicyclic) bond motifs is 1. The highest BCUT2D eigenvalue weighted by Crippen LogP contribution is 2.37. The summed E-state index contributed by atoms with van der Waals surface area (Å²) in [5.41, 5.74) is 3.91. The Balaban J connectivity index is 1.27. The number of carbonyl (C=O) groups is 1. The topological polar surface area (TPSA) is 95.1 Å². The van der Waals surface area contributed by atoms with Crippen molar-refractivity contribution in [3.63, 3.8) is 0 Å². The molecule has 1 fully saturated rings. The monoisotopic (exact) mass is 407 g/mol. The Bertz CT molecular complexity index is 1050. The second kappa shape index (κ2) is 8.02. The van der Waals surface area contributed by atoms with Crippen LogP contribution in [0.1, 0.15) is 65.0 Å². The van der Waals surface area contributed by atoms with Crippen molar-refractivity contribution in [1.82, 2.24) is 25.2 Å². The molecule has 0 radical (unpaired) electrons. The molecule has 8 heteroatoms. The molecule has 1 aromatic carbocycles. The summed E-state index contributed by atoms with van der Waals surface area (Å²) in [5.74, 6) is 1.73. The van der Waals surface area contributed by atoms with Crippen LogP contribution in [-0.2, 0) is 17.7 Å². The van der Waals surface area contributed by atoms with Crippen LogP contribution in [0.2, 0.25) is 0 Å². The first-order valence-electron chi connectivity index (χ1n) is 10.5. The molecule has 2 aromatic heterocycles. The molecule has 0 aliphatic heterocycles. The molecule has 1 N–H and O–H groups in total. The smallest absolute Gasteiger partial charge is 0.254 e. The van der Waals surface area contributed by atoms with E-state index >= 15 is 0 Å². The molecule has 3 aromatic rings. The summed E-state index contributed by atoms with van der Waals surface area (Å²) in [4.78, 5) is 17.3. The van der Waals surface area contributed by atoms with Crippen molar-refractivity contribution in [2.45, 2.75) is 50.6 Å². The van der Waals surface area contributed by atoms with Gasteiger partial charge in [-0.2, -0.15) is 10.1 Å². The first-order valence-corrected chi connectivity index (χ1v) is 10.5. The molecule has 30 heavy (non-hydrogen) atoms. The molecule has 0 bridgehead atoms. The molecule has 1 amide bonds. The van der Waals surface area contributed by atoms with Gasteiger partial charge in [-0.3, -0.25) is 9.48 Å². The van der Waals surface area contributed by atoms with Crippen LogP contribution >= 0.6 is 0 Å². The van der Waals surface area contributed by atoms with E-state index in [-0.39, 0.29) is 11.9 Å². The SMILES string of the molecule is COCCn1cc(C(=O)NC2CCc3cc(-c4noc(C5CCC5)n4)ccc32)cn1. The van der Waals surface area contributed by atoms with Crippen molar-refractivity contribution in [1.29, 1.82) is 0 Å². The summed E-state index contributed by atoms with van der Waals surface area (Å²) in [5, 5.41) is 11.5. The number of aryl methyl sites for hydroxylation is 1. The van der Waals surface area contributed by atoms with Crippen LogP contribution in [0.4, 0.5) is 0 Å². The van der Waals surface area contributed by atoms with Crippen molar-refractivity contribution < 1.29 is 14.1 Å². The maximum absolute atomic E-state index is 12.7. The van der Waals surface area contributed by atoms with Crippen LogP contribution in [0.5, 0.6) is 0 Å². The predicted octanol–water partition coefficient (Wildman–Crippen LogP) is 3.26. The lowest BCUT2D eigenvalue weighted by Gasteiger charge is -2.20. The molecular formula is C22H25N5O3. The molecule has 0 saturated heterocycles. The van der Waals surface area contributed by atoms with E-state index in [0.717, 1.165) is 42.7 Å². The number of methoxy groups -OCH3 is 1. The summed E-state index contributed by atoms with van der Waals surface area (Å²) in [6.07, 6.45) is 8.65. The highest BCUT2D eigenvalue weighted by atomic mass is 16.5. The third-order valence-electron chi connectivity index (χ3n) is 6.10. The molecule has 0 spiro atoms. The van der Waals surface area contributed by atoms with E-state index in [1.165, 1.54) is 12.0 Å². The number of amides is 1. The van der Waals surface area contributed by atoms with Gasteiger partial charge in [-0.15, -0.1) is 0 Å². The van der Waals surface area contributed by atoms with E-state index in [1.54, 1.807) is 24.2 Å². The van der Waals surface area contributed by atoms with Crippen LogP contribution in [0.25, 0.3) is 11.4 Å². The van der Waals surface area contributed by atoms with Crippen molar-refractivity contribution in [2.24, 2.45) is 0 Å². The number of nitrogens with zero attached hydrogens (tertiary/aromatic N) is 4. The number of rotatable bonds is 7. The van der Waals surface area contributed by atoms with Crippen LogP contribution in [0.15, 0.2) is 35.1 Å². The van der Waals surface area contributed by atoms with Crippen LogP contribution < -0.4 is 5.32 Å². The molecule has 5 rings (SSSR count). The van der Waals surface area contributed by atoms with Crippen LogP contribution in [0, 0.1) is 0 Å². The van der Waals surface area contributed by atoms with Gasteiger partial charge in [0.1, 0.15) is 0 Å².